The summed E-state index contributed by atoms with van der Waals surface area (Å²) >= 11 is 5.89. The van der Waals surface area contributed by atoms with Crippen molar-refractivity contribution in [2.75, 3.05) is 13.2 Å². The third-order valence-electron chi connectivity index (χ3n) is 3.93. The molecule has 0 aromatic carbocycles. The minimum absolute atomic E-state index is 0.0802. The molecule has 0 bridgehead atoms. The number of nitrogens with zero attached hydrogens (tertiary/aromatic N) is 2. The lowest BCUT2D eigenvalue weighted by Crippen LogP contribution is -2.51. The van der Waals surface area contributed by atoms with Gasteiger partial charge in [0.05, 0.1) is 18.6 Å². The van der Waals surface area contributed by atoms with E-state index in [0.29, 0.717) is 30.5 Å². The van der Waals surface area contributed by atoms with Crippen LogP contribution in [0.4, 0.5) is 0 Å². The van der Waals surface area contributed by atoms with E-state index in [1.165, 1.54) is 0 Å². The Labute approximate surface area is 131 Å². The van der Waals surface area contributed by atoms with Crippen LogP contribution in [0.5, 0.6) is 0 Å². The molecule has 0 radical (unpaired) electrons. The molecule has 2 rings (SSSR count). The third kappa shape index (κ3) is 3.28. The predicted octanol–water partition coefficient (Wildman–Crippen LogP) is 2.43. The van der Waals surface area contributed by atoms with Gasteiger partial charge in [-0.1, -0.05) is 6.92 Å². The van der Waals surface area contributed by atoms with Crippen LogP contribution in [0, 0.1) is 0 Å². The van der Waals surface area contributed by atoms with Gasteiger partial charge in [0, 0.05) is 31.0 Å². The average Bonchev–Trinajstić information content (AvgIpc) is 2.91. The monoisotopic (exact) mass is 334 g/mol. The Balaban J connectivity index is 2.37. The second-order valence-corrected chi connectivity index (χ2v) is 7.53. The van der Waals surface area contributed by atoms with Gasteiger partial charge >= 0.3 is 0 Å². The molecular formula is C14H23ClN2O3S. The van der Waals surface area contributed by atoms with Gasteiger partial charge in [0.15, 0.2) is 0 Å². The average molecular weight is 335 g/mol. The van der Waals surface area contributed by atoms with Crippen LogP contribution in [0.25, 0.3) is 0 Å². The van der Waals surface area contributed by atoms with Gasteiger partial charge in [-0.25, -0.2) is 8.42 Å². The standard InChI is InChI=1S/C14H23ClN2O3S/c1-4-12-10-20-11(3)8-17(12)21(18,19)14-6-13(7-15)16(5-2)9-14/h6,9,11-12H,4-5,7-8,10H2,1-3H3. The molecule has 2 atom stereocenters. The quantitative estimate of drug-likeness (QED) is 0.777. The number of aromatic nitrogens is 1. The number of ether oxygens (including phenoxy) is 1. The maximum absolute atomic E-state index is 12.9. The summed E-state index contributed by atoms with van der Waals surface area (Å²) in [5.74, 6) is 0.306. The van der Waals surface area contributed by atoms with Crippen molar-refractivity contribution in [3.05, 3.63) is 18.0 Å². The molecule has 1 aliphatic heterocycles. The van der Waals surface area contributed by atoms with Crippen molar-refractivity contribution >= 4 is 21.6 Å². The van der Waals surface area contributed by atoms with Crippen LogP contribution >= 0.6 is 11.6 Å². The van der Waals surface area contributed by atoms with Crippen molar-refractivity contribution in [2.45, 2.75) is 56.7 Å². The zero-order valence-corrected chi connectivity index (χ0v) is 14.3. The van der Waals surface area contributed by atoms with Gasteiger partial charge in [0.2, 0.25) is 10.0 Å². The molecule has 0 N–H and O–H groups in total. The van der Waals surface area contributed by atoms with Crippen molar-refractivity contribution in [3.8, 4) is 0 Å². The van der Waals surface area contributed by atoms with E-state index in [2.05, 4.69) is 0 Å². The lowest BCUT2D eigenvalue weighted by molar-refractivity contribution is -0.0230. The Morgan fingerprint density at radius 3 is 2.67 bits per heavy atom. The van der Waals surface area contributed by atoms with E-state index in [-0.39, 0.29) is 12.1 Å². The van der Waals surface area contributed by atoms with E-state index in [0.717, 1.165) is 12.1 Å². The Bertz CT molecular complexity index is 564. The number of halogens is 1. The van der Waals surface area contributed by atoms with Crippen LogP contribution in [0.1, 0.15) is 32.9 Å². The fraction of sp³-hybridized carbons (Fsp3) is 0.714. The minimum atomic E-state index is -3.50. The Morgan fingerprint density at radius 1 is 1.43 bits per heavy atom. The molecule has 1 saturated heterocycles. The summed E-state index contributed by atoms with van der Waals surface area (Å²) in [5, 5.41) is 0. The van der Waals surface area contributed by atoms with E-state index in [4.69, 9.17) is 16.3 Å². The SMILES string of the molecule is CCC1COC(C)CN1S(=O)(=O)c1cc(CCl)n(CC)c1. The third-order valence-corrected chi connectivity index (χ3v) is 6.09. The summed E-state index contributed by atoms with van der Waals surface area (Å²) in [6, 6.07) is 1.58. The molecule has 7 heteroatoms. The van der Waals surface area contributed by atoms with Gasteiger partial charge in [-0.05, 0) is 26.3 Å². The molecule has 1 aromatic heterocycles. The molecule has 21 heavy (non-hydrogen) atoms. The van der Waals surface area contributed by atoms with Crippen LogP contribution in [-0.4, -0.2) is 42.6 Å². The number of morpholine rings is 1. The van der Waals surface area contributed by atoms with Gasteiger partial charge in [-0.3, -0.25) is 0 Å². The Morgan fingerprint density at radius 2 is 2.14 bits per heavy atom. The highest BCUT2D eigenvalue weighted by Crippen LogP contribution is 2.26. The van der Waals surface area contributed by atoms with E-state index in [1.807, 2.05) is 25.3 Å². The molecular weight excluding hydrogens is 312 g/mol. The minimum Gasteiger partial charge on any atom is -0.375 e. The Hall–Kier alpha value is -0.560. The van der Waals surface area contributed by atoms with E-state index in [1.54, 1.807) is 16.6 Å². The highest BCUT2D eigenvalue weighted by molar-refractivity contribution is 7.89. The van der Waals surface area contributed by atoms with E-state index < -0.39 is 10.0 Å². The molecule has 1 aliphatic rings. The molecule has 120 valence electrons. The molecule has 0 amide bonds. The van der Waals surface area contributed by atoms with Crippen LogP contribution < -0.4 is 0 Å². The largest absolute Gasteiger partial charge is 0.375 e. The second-order valence-electron chi connectivity index (χ2n) is 5.37. The fourth-order valence-corrected chi connectivity index (χ4v) is 4.69. The van der Waals surface area contributed by atoms with Crippen LogP contribution in [0.3, 0.4) is 0 Å². The number of rotatable bonds is 5. The van der Waals surface area contributed by atoms with Crippen molar-refractivity contribution in [1.29, 1.82) is 0 Å². The lowest BCUT2D eigenvalue weighted by Gasteiger charge is -2.36. The highest BCUT2D eigenvalue weighted by Gasteiger charge is 2.36. The van der Waals surface area contributed by atoms with Crippen molar-refractivity contribution in [1.82, 2.24) is 8.87 Å². The summed E-state index contributed by atoms with van der Waals surface area (Å²) < 4.78 is 34.9. The molecule has 2 unspecified atom stereocenters. The Kier molecular flexibility index (Phi) is 5.35. The van der Waals surface area contributed by atoms with Gasteiger partial charge < -0.3 is 9.30 Å². The molecule has 1 fully saturated rings. The summed E-state index contributed by atoms with van der Waals surface area (Å²) in [7, 11) is -3.50. The zero-order chi connectivity index (χ0) is 15.6. The molecule has 0 spiro atoms. The number of alkyl halides is 1. The van der Waals surface area contributed by atoms with Crippen LogP contribution in [0.2, 0.25) is 0 Å². The number of aryl methyl sites for hydroxylation is 1. The first-order valence-electron chi connectivity index (χ1n) is 7.32. The highest BCUT2D eigenvalue weighted by atomic mass is 35.5. The molecule has 5 nitrogen and oxygen atoms in total. The van der Waals surface area contributed by atoms with E-state index >= 15 is 0 Å². The number of hydrogen-bond acceptors (Lipinski definition) is 3. The normalized spacial score (nSPS) is 24.4. The number of sulfonamides is 1. The van der Waals surface area contributed by atoms with Gasteiger partial charge in [0.1, 0.15) is 4.90 Å². The van der Waals surface area contributed by atoms with Gasteiger partial charge in [-0.2, -0.15) is 4.31 Å². The summed E-state index contributed by atoms with van der Waals surface area (Å²) in [5.41, 5.74) is 0.826. The van der Waals surface area contributed by atoms with Gasteiger partial charge in [0.25, 0.3) is 0 Å². The molecule has 1 aromatic rings. The first-order chi connectivity index (χ1) is 9.93. The van der Waals surface area contributed by atoms with Crippen molar-refractivity contribution in [2.24, 2.45) is 0 Å². The van der Waals surface area contributed by atoms with Crippen molar-refractivity contribution < 1.29 is 13.2 Å². The van der Waals surface area contributed by atoms with Crippen LogP contribution in [0.15, 0.2) is 17.2 Å². The zero-order valence-electron chi connectivity index (χ0n) is 12.8. The van der Waals surface area contributed by atoms with Crippen LogP contribution in [-0.2, 0) is 27.2 Å². The predicted molar refractivity (Wildman–Crippen MR) is 83.0 cm³/mol. The van der Waals surface area contributed by atoms with Gasteiger partial charge in [-0.15, -0.1) is 11.6 Å². The smallest absolute Gasteiger partial charge is 0.245 e. The van der Waals surface area contributed by atoms with Crippen molar-refractivity contribution in [3.63, 3.8) is 0 Å². The lowest BCUT2D eigenvalue weighted by atomic mass is 10.2. The van der Waals surface area contributed by atoms with E-state index in [9.17, 15) is 8.42 Å². The maximum Gasteiger partial charge on any atom is 0.245 e. The summed E-state index contributed by atoms with van der Waals surface area (Å²) in [4.78, 5) is 0.326. The first-order valence-corrected chi connectivity index (χ1v) is 9.29. The molecule has 0 saturated carbocycles. The molecule has 0 aliphatic carbocycles. The summed E-state index contributed by atoms with van der Waals surface area (Å²) in [6.45, 7) is 7.40. The summed E-state index contributed by atoms with van der Waals surface area (Å²) in [6.07, 6.45) is 2.34. The fourth-order valence-electron chi connectivity index (χ4n) is 2.64. The second kappa shape index (κ2) is 6.69. The first kappa shape index (κ1) is 16.8. The maximum atomic E-state index is 12.9. The molecule has 2 heterocycles. The topological polar surface area (TPSA) is 51.5 Å². The number of hydrogen-bond donors (Lipinski definition) is 0.